The van der Waals surface area contributed by atoms with E-state index in [1.165, 1.54) is 11.8 Å². The minimum atomic E-state index is -0.318. The molecule has 0 saturated heterocycles. The fraction of sp³-hybridized carbons (Fsp3) is 0.261. The number of nitrogens with one attached hydrogen (secondary N) is 2. The van der Waals surface area contributed by atoms with E-state index in [9.17, 15) is 4.79 Å². The lowest BCUT2D eigenvalue weighted by atomic mass is 9.97. The molecule has 0 aliphatic carbocycles. The number of nitrogens with zero attached hydrogens (tertiary/aromatic N) is 2. The third-order valence-corrected chi connectivity index (χ3v) is 5.69. The van der Waals surface area contributed by atoms with Crippen molar-refractivity contribution < 1.29 is 4.79 Å². The number of para-hydroxylation sites is 1. The zero-order valence-corrected chi connectivity index (χ0v) is 17.7. The molecular weight excluding hydrogens is 380 g/mol. The third kappa shape index (κ3) is 5.81. The van der Waals surface area contributed by atoms with Crippen LogP contribution in [-0.2, 0) is 4.79 Å². The zero-order valence-electron chi connectivity index (χ0n) is 16.9. The molecule has 2 atom stereocenters. The monoisotopic (exact) mass is 406 g/mol. The summed E-state index contributed by atoms with van der Waals surface area (Å²) >= 11 is 1.33. The minimum Gasteiger partial charge on any atom is -0.325 e. The van der Waals surface area contributed by atoms with Gasteiger partial charge >= 0.3 is 0 Å². The zero-order chi connectivity index (χ0) is 20.6. The number of aromatic nitrogens is 3. The first-order valence-corrected chi connectivity index (χ1v) is 10.7. The van der Waals surface area contributed by atoms with E-state index in [1.54, 1.807) is 0 Å². The fourth-order valence-electron chi connectivity index (χ4n) is 2.83. The Morgan fingerprint density at radius 1 is 1.10 bits per heavy atom. The van der Waals surface area contributed by atoms with Gasteiger partial charge in [0, 0.05) is 5.69 Å². The van der Waals surface area contributed by atoms with Gasteiger partial charge in [-0.1, -0.05) is 80.2 Å². The summed E-state index contributed by atoms with van der Waals surface area (Å²) in [6.07, 6.45) is 4.87. The Kier molecular flexibility index (Phi) is 7.25. The SMILES string of the molecule is CCC(C)c1ccccc1NC(=O)C(C)Sc1n[nH]c(/C=C/c2ccccc2)n1. The highest BCUT2D eigenvalue weighted by molar-refractivity contribution is 8.00. The van der Waals surface area contributed by atoms with E-state index in [2.05, 4.69) is 40.4 Å². The molecule has 2 N–H and O–H groups in total. The molecule has 0 aliphatic rings. The van der Waals surface area contributed by atoms with Crippen molar-refractivity contribution in [3.05, 3.63) is 71.5 Å². The lowest BCUT2D eigenvalue weighted by Crippen LogP contribution is -2.23. The second-order valence-electron chi connectivity index (χ2n) is 6.89. The highest BCUT2D eigenvalue weighted by atomic mass is 32.2. The molecule has 3 rings (SSSR count). The summed E-state index contributed by atoms with van der Waals surface area (Å²) in [4.78, 5) is 17.1. The second-order valence-corrected chi connectivity index (χ2v) is 8.20. The molecule has 1 amide bonds. The number of rotatable bonds is 8. The Morgan fingerprint density at radius 3 is 2.59 bits per heavy atom. The van der Waals surface area contributed by atoms with Gasteiger partial charge < -0.3 is 5.32 Å². The van der Waals surface area contributed by atoms with Gasteiger partial charge in [-0.2, -0.15) is 0 Å². The summed E-state index contributed by atoms with van der Waals surface area (Å²) in [5.41, 5.74) is 3.12. The first-order valence-electron chi connectivity index (χ1n) is 9.78. The summed E-state index contributed by atoms with van der Waals surface area (Å²) < 4.78 is 0. The van der Waals surface area contributed by atoms with Crippen LogP contribution < -0.4 is 5.32 Å². The summed E-state index contributed by atoms with van der Waals surface area (Å²) in [5, 5.41) is 10.4. The molecule has 0 fully saturated rings. The number of hydrogen-bond donors (Lipinski definition) is 2. The van der Waals surface area contributed by atoms with Crippen molar-refractivity contribution >= 4 is 35.5 Å². The van der Waals surface area contributed by atoms with Gasteiger partial charge in [-0.05, 0) is 42.5 Å². The highest BCUT2D eigenvalue weighted by Gasteiger charge is 2.19. The molecule has 3 aromatic rings. The number of amides is 1. The molecule has 1 heterocycles. The maximum Gasteiger partial charge on any atom is 0.237 e. The first kappa shape index (κ1) is 20.9. The molecule has 2 aromatic carbocycles. The largest absolute Gasteiger partial charge is 0.325 e. The van der Waals surface area contributed by atoms with Crippen LogP contribution in [0.3, 0.4) is 0 Å². The lowest BCUT2D eigenvalue weighted by molar-refractivity contribution is -0.115. The van der Waals surface area contributed by atoms with Gasteiger partial charge in [-0.25, -0.2) is 4.98 Å². The van der Waals surface area contributed by atoms with Crippen molar-refractivity contribution in [3.63, 3.8) is 0 Å². The number of hydrogen-bond acceptors (Lipinski definition) is 4. The number of benzene rings is 2. The van der Waals surface area contributed by atoms with Crippen LogP contribution in [0.5, 0.6) is 0 Å². The Balaban J connectivity index is 1.61. The Morgan fingerprint density at radius 2 is 1.83 bits per heavy atom. The van der Waals surface area contributed by atoms with Crippen LogP contribution >= 0.6 is 11.8 Å². The van der Waals surface area contributed by atoms with Crippen LogP contribution in [0, 0.1) is 0 Å². The van der Waals surface area contributed by atoms with Crippen LogP contribution in [0.15, 0.2) is 59.8 Å². The third-order valence-electron chi connectivity index (χ3n) is 4.73. The smallest absolute Gasteiger partial charge is 0.237 e. The van der Waals surface area contributed by atoms with Gasteiger partial charge in [0.05, 0.1) is 5.25 Å². The number of aromatic amines is 1. The molecule has 0 spiro atoms. The van der Waals surface area contributed by atoms with Crippen LogP contribution in [-0.4, -0.2) is 26.3 Å². The van der Waals surface area contributed by atoms with Crippen molar-refractivity contribution in [2.45, 2.75) is 43.5 Å². The average Bonchev–Trinajstić information content (AvgIpc) is 3.20. The predicted molar refractivity (Wildman–Crippen MR) is 121 cm³/mol. The molecule has 0 saturated carbocycles. The van der Waals surface area contributed by atoms with Gasteiger partial charge in [0.2, 0.25) is 11.1 Å². The van der Waals surface area contributed by atoms with Gasteiger partial charge in [-0.3, -0.25) is 9.89 Å². The lowest BCUT2D eigenvalue weighted by Gasteiger charge is -2.17. The van der Waals surface area contributed by atoms with Crippen LogP contribution in [0.2, 0.25) is 0 Å². The normalized spacial score (nSPS) is 13.3. The van der Waals surface area contributed by atoms with E-state index in [4.69, 9.17) is 0 Å². The van der Waals surface area contributed by atoms with Crippen LogP contribution in [0.1, 0.15) is 50.1 Å². The van der Waals surface area contributed by atoms with Crippen molar-refractivity contribution in [1.29, 1.82) is 0 Å². The number of anilines is 1. The molecule has 0 radical (unpaired) electrons. The molecule has 0 bridgehead atoms. The van der Waals surface area contributed by atoms with E-state index >= 15 is 0 Å². The number of H-pyrrole nitrogens is 1. The summed E-state index contributed by atoms with van der Waals surface area (Å²) in [6.45, 7) is 6.18. The molecular formula is C23H26N4OS. The maximum atomic E-state index is 12.7. The number of thioether (sulfide) groups is 1. The quantitative estimate of drug-likeness (QED) is 0.477. The van der Waals surface area contributed by atoms with E-state index < -0.39 is 0 Å². The summed E-state index contributed by atoms with van der Waals surface area (Å²) in [5.74, 6) is 0.990. The predicted octanol–water partition coefficient (Wildman–Crippen LogP) is 5.61. The maximum absolute atomic E-state index is 12.7. The van der Waals surface area contributed by atoms with Gasteiger partial charge in [0.1, 0.15) is 5.82 Å². The first-order chi connectivity index (χ1) is 14.1. The Bertz CT molecular complexity index is 968. The summed E-state index contributed by atoms with van der Waals surface area (Å²) in [7, 11) is 0. The van der Waals surface area contributed by atoms with Crippen LogP contribution in [0.25, 0.3) is 12.2 Å². The molecule has 6 heteroatoms. The van der Waals surface area contributed by atoms with Crippen molar-refractivity contribution in [1.82, 2.24) is 15.2 Å². The minimum absolute atomic E-state index is 0.0584. The van der Waals surface area contributed by atoms with Gasteiger partial charge in [-0.15, -0.1) is 5.10 Å². The Hall–Kier alpha value is -2.86. The highest BCUT2D eigenvalue weighted by Crippen LogP contribution is 2.28. The summed E-state index contributed by atoms with van der Waals surface area (Å²) in [6, 6.07) is 18.0. The molecule has 0 aliphatic heterocycles. The molecule has 2 unspecified atom stereocenters. The van der Waals surface area contributed by atoms with E-state index in [1.807, 2.05) is 67.6 Å². The Labute approximate surface area is 176 Å². The number of carbonyl (C=O) groups is 1. The van der Waals surface area contributed by atoms with Crippen LogP contribution in [0.4, 0.5) is 5.69 Å². The molecule has 29 heavy (non-hydrogen) atoms. The molecule has 1 aromatic heterocycles. The van der Waals surface area contributed by atoms with E-state index in [-0.39, 0.29) is 11.2 Å². The van der Waals surface area contributed by atoms with Crippen molar-refractivity contribution in [2.75, 3.05) is 5.32 Å². The number of carbonyl (C=O) groups excluding carboxylic acids is 1. The molecule has 5 nitrogen and oxygen atoms in total. The average molecular weight is 407 g/mol. The van der Waals surface area contributed by atoms with Gasteiger partial charge in [0.25, 0.3) is 0 Å². The molecule has 150 valence electrons. The van der Waals surface area contributed by atoms with Crippen molar-refractivity contribution in [3.8, 4) is 0 Å². The van der Waals surface area contributed by atoms with Crippen molar-refractivity contribution in [2.24, 2.45) is 0 Å². The van der Waals surface area contributed by atoms with E-state index in [0.29, 0.717) is 16.9 Å². The van der Waals surface area contributed by atoms with E-state index in [0.717, 1.165) is 23.2 Å². The second kappa shape index (κ2) is 10.1. The standard InChI is InChI=1S/C23H26N4OS/c1-4-16(2)19-12-8-9-13-20(19)24-22(28)17(3)29-23-25-21(26-27-23)15-14-18-10-6-5-7-11-18/h5-17H,4H2,1-3H3,(H,24,28)(H,25,26,27)/b15-14+. The topological polar surface area (TPSA) is 70.7 Å². The van der Waals surface area contributed by atoms with Gasteiger partial charge in [0.15, 0.2) is 0 Å². The fourth-order valence-corrected chi connectivity index (χ4v) is 3.56.